The van der Waals surface area contributed by atoms with E-state index in [0.29, 0.717) is 0 Å². The summed E-state index contributed by atoms with van der Waals surface area (Å²) in [7, 11) is 2.16. The van der Waals surface area contributed by atoms with Gasteiger partial charge in [0, 0.05) is 44.1 Å². The average molecular weight is 365 g/mol. The van der Waals surface area contributed by atoms with Crippen LogP contribution in [0.2, 0.25) is 0 Å². The van der Waals surface area contributed by atoms with E-state index in [1.54, 1.807) is 0 Å². The van der Waals surface area contributed by atoms with Crippen LogP contribution >= 0.6 is 0 Å². The maximum atomic E-state index is 5.76. The van der Waals surface area contributed by atoms with E-state index in [1.807, 2.05) is 29.0 Å². The lowest BCUT2D eigenvalue weighted by Crippen LogP contribution is -2.45. The third-order valence-corrected chi connectivity index (χ3v) is 5.09. The molecule has 0 aliphatic carbocycles. The molecule has 0 amide bonds. The number of anilines is 1. The number of ether oxygens (including phenoxy) is 1. The molecule has 1 aliphatic heterocycles. The third-order valence-electron chi connectivity index (χ3n) is 5.09. The lowest BCUT2D eigenvalue weighted by molar-refractivity contribution is 0.309. The Kier molecular flexibility index (Phi) is 5.25. The van der Waals surface area contributed by atoms with Crippen molar-refractivity contribution in [3.8, 4) is 17.0 Å². The molecule has 142 valence electrons. The standard InChI is InChI=1S/C21H27N5O/c1-3-4-15-27-18-7-5-17(6-8-18)19-16-20-21(22-9-10-26(20)23-19)25-13-11-24(2)12-14-25/h5-10,16H,3-4,11-15H2,1-2H3. The van der Waals surface area contributed by atoms with Gasteiger partial charge in [-0.05, 0) is 43.8 Å². The summed E-state index contributed by atoms with van der Waals surface area (Å²) >= 11 is 0. The van der Waals surface area contributed by atoms with Gasteiger partial charge >= 0.3 is 0 Å². The van der Waals surface area contributed by atoms with Crippen LogP contribution in [0.1, 0.15) is 19.8 Å². The lowest BCUT2D eigenvalue weighted by Gasteiger charge is -2.33. The van der Waals surface area contributed by atoms with Crippen molar-refractivity contribution in [2.45, 2.75) is 19.8 Å². The molecule has 0 unspecified atom stereocenters. The summed E-state index contributed by atoms with van der Waals surface area (Å²) in [6.45, 7) is 7.04. The summed E-state index contributed by atoms with van der Waals surface area (Å²) in [6, 6.07) is 10.3. The fourth-order valence-corrected chi connectivity index (χ4v) is 3.37. The number of nitrogens with zero attached hydrogens (tertiary/aromatic N) is 5. The topological polar surface area (TPSA) is 45.9 Å². The zero-order valence-electron chi connectivity index (χ0n) is 16.1. The van der Waals surface area contributed by atoms with Gasteiger partial charge in [-0.3, -0.25) is 0 Å². The number of hydrogen-bond acceptors (Lipinski definition) is 5. The Morgan fingerprint density at radius 1 is 1.07 bits per heavy atom. The molecule has 0 radical (unpaired) electrons. The molecule has 3 aromatic rings. The van der Waals surface area contributed by atoms with E-state index in [9.17, 15) is 0 Å². The van der Waals surface area contributed by atoms with Crippen molar-refractivity contribution < 1.29 is 4.74 Å². The van der Waals surface area contributed by atoms with Crippen LogP contribution in [0.4, 0.5) is 5.82 Å². The maximum Gasteiger partial charge on any atom is 0.154 e. The molecule has 0 bridgehead atoms. The second-order valence-corrected chi connectivity index (χ2v) is 7.13. The van der Waals surface area contributed by atoms with Crippen molar-refractivity contribution >= 4 is 11.3 Å². The van der Waals surface area contributed by atoms with Crippen molar-refractivity contribution in [3.63, 3.8) is 0 Å². The Morgan fingerprint density at radius 3 is 2.59 bits per heavy atom. The third kappa shape index (κ3) is 3.90. The van der Waals surface area contributed by atoms with Crippen LogP contribution in [0.25, 0.3) is 16.8 Å². The molecule has 1 fully saturated rings. The van der Waals surface area contributed by atoms with Crippen LogP contribution in [0.3, 0.4) is 0 Å². The van der Waals surface area contributed by atoms with E-state index in [-0.39, 0.29) is 0 Å². The molecule has 0 saturated carbocycles. The fourth-order valence-electron chi connectivity index (χ4n) is 3.37. The van der Waals surface area contributed by atoms with Crippen molar-refractivity contribution in [2.24, 2.45) is 0 Å². The van der Waals surface area contributed by atoms with Crippen LogP contribution < -0.4 is 9.64 Å². The van der Waals surface area contributed by atoms with Gasteiger partial charge in [-0.15, -0.1) is 0 Å². The highest BCUT2D eigenvalue weighted by Gasteiger charge is 2.19. The van der Waals surface area contributed by atoms with E-state index in [1.165, 1.54) is 0 Å². The van der Waals surface area contributed by atoms with E-state index in [2.05, 4.69) is 47.0 Å². The molecule has 6 nitrogen and oxygen atoms in total. The van der Waals surface area contributed by atoms with Crippen LogP contribution in [0.5, 0.6) is 5.75 Å². The number of benzene rings is 1. The number of likely N-dealkylation sites (N-methyl/N-ethyl adjacent to an activating group) is 1. The maximum absolute atomic E-state index is 5.76. The molecule has 1 aliphatic rings. The number of fused-ring (bicyclic) bond motifs is 1. The van der Waals surface area contributed by atoms with Gasteiger partial charge in [0.25, 0.3) is 0 Å². The number of hydrogen-bond donors (Lipinski definition) is 0. The van der Waals surface area contributed by atoms with Gasteiger partial charge in [-0.25, -0.2) is 9.50 Å². The van der Waals surface area contributed by atoms with E-state index < -0.39 is 0 Å². The first kappa shape index (κ1) is 17.8. The Bertz CT molecular complexity index is 881. The molecule has 2 aromatic heterocycles. The number of aromatic nitrogens is 3. The summed E-state index contributed by atoms with van der Waals surface area (Å²) in [5.74, 6) is 1.93. The van der Waals surface area contributed by atoms with E-state index in [4.69, 9.17) is 9.84 Å². The zero-order chi connectivity index (χ0) is 18.6. The van der Waals surface area contributed by atoms with Gasteiger partial charge in [0.15, 0.2) is 5.82 Å². The van der Waals surface area contributed by atoms with Crippen molar-refractivity contribution in [2.75, 3.05) is 44.7 Å². The molecule has 27 heavy (non-hydrogen) atoms. The predicted octanol–water partition coefficient (Wildman–Crippen LogP) is 3.33. The molecule has 1 aromatic carbocycles. The summed E-state index contributed by atoms with van der Waals surface area (Å²) in [5, 5.41) is 4.76. The lowest BCUT2D eigenvalue weighted by atomic mass is 10.1. The first-order valence-corrected chi connectivity index (χ1v) is 9.75. The highest BCUT2D eigenvalue weighted by atomic mass is 16.5. The summed E-state index contributed by atoms with van der Waals surface area (Å²) in [5.41, 5.74) is 3.10. The molecule has 4 rings (SSSR count). The quantitative estimate of drug-likeness (QED) is 0.627. The molecular formula is C21H27N5O. The Hall–Kier alpha value is -2.60. The van der Waals surface area contributed by atoms with Crippen molar-refractivity contribution in [1.82, 2.24) is 19.5 Å². The Labute approximate surface area is 160 Å². The fraction of sp³-hybridized carbons (Fsp3) is 0.429. The summed E-state index contributed by atoms with van der Waals surface area (Å²) in [6.07, 6.45) is 5.97. The predicted molar refractivity (Wildman–Crippen MR) is 109 cm³/mol. The Balaban J connectivity index is 1.57. The van der Waals surface area contributed by atoms with Gasteiger partial charge < -0.3 is 14.5 Å². The highest BCUT2D eigenvalue weighted by Crippen LogP contribution is 2.27. The van der Waals surface area contributed by atoms with Gasteiger partial charge in [-0.1, -0.05) is 13.3 Å². The first-order chi connectivity index (χ1) is 13.2. The molecule has 3 heterocycles. The second kappa shape index (κ2) is 7.96. The van der Waals surface area contributed by atoms with E-state index >= 15 is 0 Å². The van der Waals surface area contributed by atoms with Crippen LogP contribution in [-0.4, -0.2) is 59.3 Å². The van der Waals surface area contributed by atoms with Gasteiger partial charge in [0.2, 0.25) is 0 Å². The minimum Gasteiger partial charge on any atom is -0.494 e. The molecule has 6 heteroatoms. The van der Waals surface area contributed by atoms with E-state index in [0.717, 1.165) is 74.0 Å². The second-order valence-electron chi connectivity index (χ2n) is 7.13. The summed E-state index contributed by atoms with van der Waals surface area (Å²) in [4.78, 5) is 9.35. The van der Waals surface area contributed by atoms with Crippen LogP contribution in [-0.2, 0) is 0 Å². The largest absolute Gasteiger partial charge is 0.494 e. The molecular weight excluding hydrogens is 338 g/mol. The average Bonchev–Trinajstić information content (AvgIpc) is 3.14. The van der Waals surface area contributed by atoms with Crippen molar-refractivity contribution in [1.29, 1.82) is 0 Å². The molecule has 0 N–H and O–H groups in total. The monoisotopic (exact) mass is 365 g/mol. The molecule has 0 spiro atoms. The minimum absolute atomic E-state index is 0.768. The number of piperazine rings is 1. The SMILES string of the molecule is CCCCOc1ccc(-c2cc3c(N4CCN(C)CC4)nccn3n2)cc1. The Morgan fingerprint density at radius 2 is 1.85 bits per heavy atom. The van der Waals surface area contributed by atoms with Gasteiger partial charge in [-0.2, -0.15) is 5.10 Å². The molecule has 0 atom stereocenters. The van der Waals surface area contributed by atoms with Crippen molar-refractivity contribution in [3.05, 3.63) is 42.7 Å². The first-order valence-electron chi connectivity index (χ1n) is 9.75. The normalized spacial score (nSPS) is 15.4. The molecule has 1 saturated heterocycles. The van der Waals surface area contributed by atoms with Gasteiger partial charge in [0.05, 0.1) is 12.3 Å². The number of unbranched alkanes of at least 4 members (excludes halogenated alkanes) is 1. The zero-order valence-corrected chi connectivity index (χ0v) is 16.1. The number of rotatable bonds is 6. The summed E-state index contributed by atoms with van der Waals surface area (Å²) < 4.78 is 7.69. The highest BCUT2D eigenvalue weighted by molar-refractivity contribution is 5.75. The smallest absolute Gasteiger partial charge is 0.154 e. The van der Waals surface area contributed by atoms with Gasteiger partial charge in [0.1, 0.15) is 11.3 Å². The minimum atomic E-state index is 0.768. The van der Waals surface area contributed by atoms with Crippen LogP contribution in [0, 0.1) is 0 Å². The van der Waals surface area contributed by atoms with Crippen LogP contribution in [0.15, 0.2) is 42.7 Å².